The lowest BCUT2D eigenvalue weighted by atomic mass is 9.90. The highest BCUT2D eigenvalue weighted by atomic mass is 79.9. The fourth-order valence-electron chi connectivity index (χ4n) is 3.15. The van der Waals surface area contributed by atoms with Gasteiger partial charge in [0.25, 0.3) is 0 Å². The lowest BCUT2D eigenvalue weighted by Gasteiger charge is -2.24. The largest absolute Gasteiger partial charge is 0.310 e. The van der Waals surface area contributed by atoms with Gasteiger partial charge < -0.3 is 5.32 Å². The molecule has 1 atom stereocenters. The molecule has 0 aliphatic rings. The Hall–Kier alpha value is -1.12. The second-order valence-corrected chi connectivity index (χ2v) is 6.57. The summed E-state index contributed by atoms with van der Waals surface area (Å²) >= 11 is 3.67. The number of halogens is 1. The van der Waals surface area contributed by atoms with Crippen molar-refractivity contribution < 1.29 is 0 Å². The van der Waals surface area contributed by atoms with Crippen LogP contribution in [0.2, 0.25) is 0 Å². The van der Waals surface area contributed by atoms with Gasteiger partial charge in [0.15, 0.2) is 0 Å². The number of hydrogen-bond donors (Lipinski definition) is 1. The summed E-state index contributed by atoms with van der Waals surface area (Å²) in [7, 11) is 0. The van der Waals surface area contributed by atoms with Crippen LogP contribution >= 0.6 is 15.9 Å². The van der Waals surface area contributed by atoms with E-state index in [9.17, 15) is 0 Å². The molecule has 21 heavy (non-hydrogen) atoms. The van der Waals surface area contributed by atoms with Crippen molar-refractivity contribution in [3.63, 3.8) is 0 Å². The van der Waals surface area contributed by atoms with Gasteiger partial charge in [-0.1, -0.05) is 58.7 Å². The minimum atomic E-state index is 0.356. The maximum atomic E-state index is 3.67. The molecule has 2 heteroatoms. The molecule has 0 fully saturated rings. The Morgan fingerprint density at radius 2 is 1.67 bits per heavy atom. The van der Waals surface area contributed by atoms with E-state index in [1.54, 1.807) is 0 Å². The van der Waals surface area contributed by atoms with Crippen molar-refractivity contribution in [2.75, 3.05) is 6.54 Å². The number of hydrogen-bond acceptors (Lipinski definition) is 1. The first-order valence-corrected chi connectivity index (χ1v) is 8.36. The topological polar surface area (TPSA) is 12.0 Å². The Labute approximate surface area is 136 Å². The Morgan fingerprint density at radius 3 is 2.24 bits per heavy atom. The van der Waals surface area contributed by atoms with E-state index in [1.165, 1.54) is 32.3 Å². The van der Waals surface area contributed by atoms with Crippen LogP contribution < -0.4 is 5.32 Å². The van der Waals surface area contributed by atoms with Crippen LogP contribution in [0.5, 0.6) is 0 Å². The molecule has 0 radical (unpaired) electrons. The summed E-state index contributed by atoms with van der Waals surface area (Å²) in [5, 5.41) is 3.65. The first-order valence-electron chi connectivity index (χ1n) is 7.57. The zero-order valence-electron chi connectivity index (χ0n) is 13.3. The predicted molar refractivity (Wildman–Crippen MR) is 94.9 cm³/mol. The van der Waals surface area contributed by atoms with Crippen LogP contribution in [0.4, 0.5) is 0 Å². The SMILES string of the molecule is CCNC(Cc1ccccc1Br)c1c(C)cc(C)cc1C. The molecule has 1 nitrogen and oxygen atoms in total. The molecule has 2 aromatic carbocycles. The zero-order chi connectivity index (χ0) is 15.4. The predicted octanol–water partition coefficient (Wildman–Crippen LogP) is 5.27. The molecule has 0 saturated heterocycles. The van der Waals surface area contributed by atoms with E-state index in [1.807, 2.05) is 0 Å². The van der Waals surface area contributed by atoms with E-state index in [2.05, 4.69) is 85.3 Å². The normalized spacial score (nSPS) is 12.4. The summed E-state index contributed by atoms with van der Waals surface area (Å²) in [6.45, 7) is 9.76. The molecule has 1 N–H and O–H groups in total. The summed E-state index contributed by atoms with van der Waals surface area (Å²) in [6.07, 6.45) is 1.00. The summed E-state index contributed by atoms with van der Waals surface area (Å²) in [6, 6.07) is 13.4. The summed E-state index contributed by atoms with van der Waals surface area (Å²) in [5.41, 5.74) is 6.89. The average Bonchev–Trinajstić information content (AvgIpc) is 2.40. The quantitative estimate of drug-likeness (QED) is 0.778. The number of likely N-dealkylation sites (N-methyl/N-ethyl adjacent to an activating group) is 1. The molecule has 0 heterocycles. The summed E-state index contributed by atoms with van der Waals surface area (Å²) < 4.78 is 1.19. The Morgan fingerprint density at radius 1 is 1.05 bits per heavy atom. The monoisotopic (exact) mass is 345 g/mol. The van der Waals surface area contributed by atoms with Gasteiger partial charge in [-0.05, 0) is 62.1 Å². The second kappa shape index (κ2) is 7.24. The number of benzene rings is 2. The first-order chi connectivity index (χ1) is 10.0. The molecule has 0 aromatic heterocycles. The summed E-state index contributed by atoms with van der Waals surface area (Å²) in [5.74, 6) is 0. The lowest BCUT2D eigenvalue weighted by molar-refractivity contribution is 0.544. The molecular formula is C19H24BrN. The van der Waals surface area contributed by atoms with Crippen molar-refractivity contribution in [1.29, 1.82) is 0 Å². The van der Waals surface area contributed by atoms with E-state index in [0.717, 1.165) is 13.0 Å². The van der Waals surface area contributed by atoms with Crippen molar-refractivity contribution in [1.82, 2.24) is 5.32 Å². The third kappa shape index (κ3) is 3.96. The van der Waals surface area contributed by atoms with Crippen molar-refractivity contribution in [2.24, 2.45) is 0 Å². The molecule has 0 bridgehead atoms. The number of rotatable bonds is 5. The van der Waals surface area contributed by atoms with Crippen molar-refractivity contribution in [2.45, 2.75) is 40.2 Å². The van der Waals surface area contributed by atoms with Gasteiger partial charge in [0.2, 0.25) is 0 Å². The van der Waals surface area contributed by atoms with Gasteiger partial charge in [0.05, 0.1) is 0 Å². The smallest absolute Gasteiger partial charge is 0.0366 e. The molecular weight excluding hydrogens is 322 g/mol. The molecule has 0 amide bonds. The van der Waals surface area contributed by atoms with Gasteiger partial charge in [-0.25, -0.2) is 0 Å². The fraction of sp³-hybridized carbons (Fsp3) is 0.368. The Bertz CT molecular complexity index is 596. The molecule has 2 rings (SSSR count). The highest BCUT2D eigenvalue weighted by molar-refractivity contribution is 9.10. The molecule has 2 aromatic rings. The minimum absolute atomic E-state index is 0.356. The molecule has 0 aliphatic carbocycles. The van der Waals surface area contributed by atoms with E-state index < -0.39 is 0 Å². The van der Waals surface area contributed by atoms with Crippen LogP contribution in [-0.4, -0.2) is 6.54 Å². The Balaban J connectivity index is 2.38. The lowest BCUT2D eigenvalue weighted by Crippen LogP contribution is -2.24. The van der Waals surface area contributed by atoms with E-state index >= 15 is 0 Å². The van der Waals surface area contributed by atoms with Gasteiger partial charge in [-0.2, -0.15) is 0 Å². The minimum Gasteiger partial charge on any atom is -0.310 e. The molecule has 0 aliphatic heterocycles. The van der Waals surface area contributed by atoms with Gasteiger partial charge in [-0.15, -0.1) is 0 Å². The van der Waals surface area contributed by atoms with Crippen LogP contribution in [0.15, 0.2) is 40.9 Å². The number of aryl methyl sites for hydroxylation is 3. The van der Waals surface area contributed by atoms with Gasteiger partial charge in [0.1, 0.15) is 0 Å². The van der Waals surface area contributed by atoms with Crippen LogP contribution in [0.3, 0.4) is 0 Å². The zero-order valence-corrected chi connectivity index (χ0v) is 14.9. The van der Waals surface area contributed by atoms with E-state index in [4.69, 9.17) is 0 Å². The second-order valence-electron chi connectivity index (χ2n) is 5.72. The van der Waals surface area contributed by atoms with Crippen LogP contribution in [-0.2, 0) is 6.42 Å². The number of nitrogens with one attached hydrogen (secondary N) is 1. The Kier molecular flexibility index (Phi) is 5.60. The molecule has 1 unspecified atom stereocenters. The standard InChI is InChI=1S/C19H24BrN/c1-5-21-18(12-16-8-6-7-9-17(16)20)19-14(3)10-13(2)11-15(19)4/h6-11,18,21H,5,12H2,1-4H3. The highest BCUT2D eigenvalue weighted by Crippen LogP contribution is 2.28. The van der Waals surface area contributed by atoms with E-state index in [-0.39, 0.29) is 0 Å². The third-order valence-electron chi connectivity index (χ3n) is 3.92. The molecule has 0 spiro atoms. The fourth-order valence-corrected chi connectivity index (χ4v) is 3.59. The van der Waals surface area contributed by atoms with Crippen molar-refractivity contribution >= 4 is 15.9 Å². The maximum absolute atomic E-state index is 3.67. The van der Waals surface area contributed by atoms with Crippen molar-refractivity contribution in [3.8, 4) is 0 Å². The van der Waals surface area contributed by atoms with Crippen LogP contribution in [0.25, 0.3) is 0 Å². The third-order valence-corrected chi connectivity index (χ3v) is 4.69. The average molecular weight is 346 g/mol. The van der Waals surface area contributed by atoms with Crippen LogP contribution in [0, 0.1) is 20.8 Å². The van der Waals surface area contributed by atoms with Gasteiger partial charge >= 0.3 is 0 Å². The van der Waals surface area contributed by atoms with Crippen molar-refractivity contribution in [3.05, 3.63) is 68.7 Å². The highest BCUT2D eigenvalue weighted by Gasteiger charge is 2.17. The van der Waals surface area contributed by atoms with Gasteiger partial charge in [-0.3, -0.25) is 0 Å². The van der Waals surface area contributed by atoms with E-state index in [0.29, 0.717) is 6.04 Å². The first kappa shape index (κ1) is 16.3. The van der Waals surface area contributed by atoms with Crippen LogP contribution in [0.1, 0.15) is 40.8 Å². The molecule has 112 valence electrons. The maximum Gasteiger partial charge on any atom is 0.0366 e. The molecule has 0 saturated carbocycles. The van der Waals surface area contributed by atoms with Gasteiger partial charge in [0, 0.05) is 10.5 Å². The summed E-state index contributed by atoms with van der Waals surface area (Å²) in [4.78, 5) is 0.